The summed E-state index contributed by atoms with van der Waals surface area (Å²) in [6, 6.07) is 14.6. The molecular formula is C27H36N2O3. The molecule has 0 atom stereocenters. The zero-order valence-electron chi connectivity index (χ0n) is 19.7. The van der Waals surface area contributed by atoms with Crippen LogP contribution in [0.15, 0.2) is 48.0 Å². The van der Waals surface area contributed by atoms with Crippen molar-refractivity contribution in [2.75, 3.05) is 33.9 Å². The fraction of sp³-hybridized carbons (Fsp3) is 0.444. The van der Waals surface area contributed by atoms with Crippen molar-refractivity contribution in [1.82, 2.24) is 10.2 Å². The number of nitrogens with one attached hydrogen (secondary N) is 1. The van der Waals surface area contributed by atoms with E-state index in [9.17, 15) is 4.79 Å². The van der Waals surface area contributed by atoms with E-state index in [4.69, 9.17) is 9.47 Å². The molecule has 3 rings (SSSR count). The Kier molecular flexibility index (Phi) is 9.17. The van der Waals surface area contributed by atoms with Gasteiger partial charge in [-0.3, -0.25) is 9.69 Å². The van der Waals surface area contributed by atoms with E-state index in [2.05, 4.69) is 47.5 Å². The highest BCUT2D eigenvalue weighted by atomic mass is 16.5. The number of unbranched alkanes of at least 4 members (excludes halogenated alkanes) is 2. The van der Waals surface area contributed by atoms with Crippen LogP contribution in [0.3, 0.4) is 0 Å². The molecule has 32 heavy (non-hydrogen) atoms. The van der Waals surface area contributed by atoms with Crippen molar-refractivity contribution in [2.45, 2.75) is 45.6 Å². The quantitative estimate of drug-likeness (QED) is 0.484. The van der Waals surface area contributed by atoms with E-state index in [0.717, 1.165) is 75.2 Å². The maximum absolute atomic E-state index is 12.6. The third kappa shape index (κ3) is 6.60. The largest absolute Gasteiger partial charge is 0.493 e. The summed E-state index contributed by atoms with van der Waals surface area (Å²) in [5.74, 6) is 1.47. The van der Waals surface area contributed by atoms with Crippen LogP contribution in [0.25, 0.3) is 6.08 Å². The van der Waals surface area contributed by atoms with Gasteiger partial charge in [-0.05, 0) is 73.7 Å². The van der Waals surface area contributed by atoms with Crippen LogP contribution in [0, 0.1) is 0 Å². The van der Waals surface area contributed by atoms with Crippen molar-refractivity contribution in [2.24, 2.45) is 0 Å². The lowest BCUT2D eigenvalue weighted by Gasteiger charge is -2.20. The fourth-order valence-electron chi connectivity index (χ4n) is 4.14. The number of benzene rings is 2. The Balaban J connectivity index is 1.40. The van der Waals surface area contributed by atoms with Gasteiger partial charge in [0.1, 0.15) is 0 Å². The van der Waals surface area contributed by atoms with E-state index in [-0.39, 0.29) is 5.91 Å². The van der Waals surface area contributed by atoms with Crippen molar-refractivity contribution >= 4 is 12.0 Å². The van der Waals surface area contributed by atoms with Crippen LogP contribution in [0.4, 0.5) is 0 Å². The minimum absolute atomic E-state index is 0.0460. The molecule has 2 aromatic rings. The van der Waals surface area contributed by atoms with Crippen molar-refractivity contribution in [3.8, 4) is 11.5 Å². The molecule has 0 bridgehead atoms. The summed E-state index contributed by atoms with van der Waals surface area (Å²) < 4.78 is 10.8. The summed E-state index contributed by atoms with van der Waals surface area (Å²) in [5.41, 5.74) is 4.43. The molecule has 1 aliphatic carbocycles. The van der Waals surface area contributed by atoms with Gasteiger partial charge in [-0.25, -0.2) is 0 Å². The number of hydrogen-bond acceptors (Lipinski definition) is 4. The first-order valence-corrected chi connectivity index (χ1v) is 11.6. The molecule has 2 aromatic carbocycles. The standard InChI is InChI=1S/C27H36N2O3/c1-4-29(20-21-11-7-5-8-12-21)16-10-6-9-15-28-27(30)23-14-13-22-18-25(31-2)26(32-3)19-24(22)17-23/h5,7-8,11-12,17-19H,4,6,9-10,13-16,20H2,1-3H3,(H,28,30). The van der Waals surface area contributed by atoms with Crippen molar-refractivity contribution in [3.63, 3.8) is 0 Å². The number of carbonyl (C=O) groups excluding carboxylic acids is 1. The number of methoxy groups -OCH3 is 2. The molecule has 0 spiro atoms. The van der Waals surface area contributed by atoms with Crippen molar-refractivity contribution < 1.29 is 14.3 Å². The average Bonchev–Trinajstić information content (AvgIpc) is 2.84. The molecule has 0 aliphatic heterocycles. The molecule has 0 radical (unpaired) electrons. The zero-order chi connectivity index (χ0) is 22.8. The van der Waals surface area contributed by atoms with Gasteiger partial charge in [0.2, 0.25) is 5.91 Å². The molecule has 0 aromatic heterocycles. The Morgan fingerprint density at radius 2 is 1.75 bits per heavy atom. The minimum atomic E-state index is 0.0460. The predicted octanol–water partition coefficient (Wildman–Crippen LogP) is 4.84. The number of hydrogen-bond donors (Lipinski definition) is 1. The molecule has 0 saturated heterocycles. The summed E-state index contributed by atoms with van der Waals surface area (Å²) in [4.78, 5) is 15.1. The second-order valence-corrected chi connectivity index (χ2v) is 8.25. The Morgan fingerprint density at radius 1 is 1.00 bits per heavy atom. The van der Waals surface area contributed by atoms with Crippen LogP contribution >= 0.6 is 0 Å². The molecule has 5 heteroatoms. The summed E-state index contributed by atoms with van der Waals surface area (Å²) >= 11 is 0. The van der Waals surface area contributed by atoms with Gasteiger partial charge < -0.3 is 14.8 Å². The van der Waals surface area contributed by atoms with Crippen LogP contribution in [0.5, 0.6) is 11.5 Å². The average molecular weight is 437 g/mol. The summed E-state index contributed by atoms with van der Waals surface area (Å²) in [6.45, 7) is 6.08. The van der Waals surface area contributed by atoms with Gasteiger partial charge >= 0.3 is 0 Å². The van der Waals surface area contributed by atoms with Gasteiger partial charge in [0.05, 0.1) is 14.2 Å². The lowest BCUT2D eigenvalue weighted by atomic mass is 9.91. The van der Waals surface area contributed by atoms with E-state index < -0.39 is 0 Å². The molecule has 1 aliphatic rings. The first kappa shape index (κ1) is 23.9. The molecular weight excluding hydrogens is 400 g/mol. The number of nitrogens with zero attached hydrogens (tertiary/aromatic N) is 1. The summed E-state index contributed by atoms with van der Waals surface area (Å²) in [5, 5.41) is 3.10. The molecule has 0 heterocycles. The molecule has 0 fully saturated rings. The SMILES string of the molecule is CCN(CCCCCNC(=O)C1=Cc2cc(OC)c(OC)cc2CC1)Cc1ccccc1. The van der Waals surface area contributed by atoms with Gasteiger partial charge in [0, 0.05) is 18.7 Å². The number of carbonyl (C=O) groups is 1. The molecule has 0 saturated carbocycles. The third-order valence-electron chi connectivity index (χ3n) is 6.06. The topological polar surface area (TPSA) is 50.8 Å². The van der Waals surface area contributed by atoms with E-state index in [1.165, 1.54) is 11.1 Å². The summed E-state index contributed by atoms with van der Waals surface area (Å²) in [6.07, 6.45) is 6.84. The van der Waals surface area contributed by atoms with Crippen molar-refractivity contribution in [3.05, 3.63) is 64.7 Å². The Hall–Kier alpha value is -2.79. The number of fused-ring (bicyclic) bond motifs is 1. The van der Waals surface area contributed by atoms with Gasteiger partial charge in [0.25, 0.3) is 0 Å². The second kappa shape index (κ2) is 12.3. The number of amides is 1. The second-order valence-electron chi connectivity index (χ2n) is 8.25. The Morgan fingerprint density at radius 3 is 2.47 bits per heavy atom. The van der Waals surface area contributed by atoms with Crippen LogP contribution < -0.4 is 14.8 Å². The van der Waals surface area contributed by atoms with E-state index >= 15 is 0 Å². The fourth-order valence-corrected chi connectivity index (χ4v) is 4.14. The highest BCUT2D eigenvalue weighted by Gasteiger charge is 2.18. The van der Waals surface area contributed by atoms with Gasteiger partial charge in [0.15, 0.2) is 11.5 Å². The first-order chi connectivity index (χ1) is 15.6. The number of ether oxygens (including phenoxy) is 2. The Bertz CT molecular complexity index is 909. The van der Waals surface area contributed by atoms with Crippen LogP contribution in [0.1, 0.15) is 49.3 Å². The minimum Gasteiger partial charge on any atom is -0.493 e. The normalized spacial score (nSPS) is 12.8. The molecule has 1 amide bonds. The first-order valence-electron chi connectivity index (χ1n) is 11.6. The van der Waals surface area contributed by atoms with Crippen LogP contribution in [0.2, 0.25) is 0 Å². The molecule has 1 N–H and O–H groups in total. The van der Waals surface area contributed by atoms with Gasteiger partial charge in [-0.1, -0.05) is 43.7 Å². The van der Waals surface area contributed by atoms with E-state index in [1.807, 2.05) is 18.2 Å². The maximum Gasteiger partial charge on any atom is 0.247 e. The highest BCUT2D eigenvalue weighted by molar-refractivity contribution is 5.98. The van der Waals surface area contributed by atoms with Crippen LogP contribution in [-0.2, 0) is 17.8 Å². The highest BCUT2D eigenvalue weighted by Crippen LogP contribution is 2.35. The maximum atomic E-state index is 12.6. The predicted molar refractivity (Wildman–Crippen MR) is 130 cm³/mol. The number of rotatable bonds is 12. The van der Waals surface area contributed by atoms with Crippen molar-refractivity contribution in [1.29, 1.82) is 0 Å². The lowest BCUT2D eigenvalue weighted by Crippen LogP contribution is -2.27. The van der Waals surface area contributed by atoms with Crippen LogP contribution in [-0.4, -0.2) is 44.7 Å². The zero-order valence-corrected chi connectivity index (χ0v) is 19.7. The molecule has 5 nitrogen and oxygen atoms in total. The van der Waals surface area contributed by atoms with Gasteiger partial charge in [-0.15, -0.1) is 0 Å². The monoisotopic (exact) mass is 436 g/mol. The molecule has 0 unspecified atom stereocenters. The van der Waals surface area contributed by atoms with Gasteiger partial charge in [-0.2, -0.15) is 0 Å². The lowest BCUT2D eigenvalue weighted by molar-refractivity contribution is -0.117. The Labute approximate surface area is 192 Å². The van der Waals surface area contributed by atoms with E-state index in [1.54, 1.807) is 14.2 Å². The molecule has 172 valence electrons. The smallest absolute Gasteiger partial charge is 0.247 e. The van der Waals surface area contributed by atoms with E-state index in [0.29, 0.717) is 5.75 Å². The number of aryl methyl sites for hydroxylation is 1. The third-order valence-corrected chi connectivity index (χ3v) is 6.06. The summed E-state index contributed by atoms with van der Waals surface area (Å²) in [7, 11) is 3.27.